The molecule has 0 bridgehead atoms. The summed E-state index contributed by atoms with van der Waals surface area (Å²) >= 11 is 0. The number of hydrogen-bond donors (Lipinski definition) is 2. The first-order chi connectivity index (χ1) is 8.01. The van der Waals surface area contributed by atoms with Crippen molar-refractivity contribution in [3.8, 4) is 11.5 Å². The SMILES string of the molecule is COc1ccc(C(N)CC(=O)O)c(C)c1OC. The molecule has 5 nitrogen and oxygen atoms in total. The van der Waals surface area contributed by atoms with Crippen LogP contribution in [0, 0.1) is 6.92 Å². The molecule has 1 unspecified atom stereocenters. The second-order valence-corrected chi connectivity index (χ2v) is 3.72. The van der Waals surface area contributed by atoms with E-state index in [-0.39, 0.29) is 6.42 Å². The predicted molar refractivity (Wildman–Crippen MR) is 63.5 cm³/mol. The van der Waals surface area contributed by atoms with Crippen LogP contribution in [0.15, 0.2) is 12.1 Å². The highest BCUT2D eigenvalue weighted by Crippen LogP contribution is 2.35. The summed E-state index contributed by atoms with van der Waals surface area (Å²) in [6.07, 6.45) is -0.115. The van der Waals surface area contributed by atoms with E-state index in [0.717, 1.165) is 11.1 Å². The minimum absolute atomic E-state index is 0.115. The van der Waals surface area contributed by atoms with E-state index >= 15 is 0 Å². The molecule has 1 atom stereocenters. The van der Waals surface area contributed by atoms with Crippen molar-refractivity contribution in [1.29, 1.82) is 0 Å². The smallest absolute Gasteiger partial charge is 0.305 e. The van der Waals surface area contributed by atoms with Crippen LogP contribution in [0.1, 0.15) is 23.6 Å². The van der Waals surface area contributed by atoms with Crippen LogP contribution in [0.4, 0.5) is 0 Å². The minimum atomic E-state index is -0.924. The third-order valence-electron chi connectivity index (χ3n) is 2.63. The van der Waals surface area contributed by atoms with E-state index in [1.54, 1.807) is 19.2 Å². The number of carboxylic acids is 1. The number of ether oxygens (including phenoxy) is 2. The molecular formula is C12H17NO4. The first-order valence-electron chi connectivity index (χ1n) is 5.20. The van der Waals surface area contributed by atoms with E-state index in [1.807, 2.05) is 6.92 Å². The third-order valence-corrected chi connectivity index (χ3v) is 2.63. The van der Waals surface area contributed by atoms with Crippen LogP contribution in [0.5, 0.6) is 11.5 Å². The van der Waals surface area contributed by atoms with E-state index < -0.39 is 12.0 Å². The Hall–Kier alpha value is -1.75. The minimum Gasteiger partial charge on any atom is -0.493 e. The number of benzene rings is 1. The number of methoxy groups -OCH3 is 2. The van der Waals surface area contributed by atoms with Gasteiger partial charge in [-0.1, -0.05) is 6.07 Å². The van der Waals surface area contributed by atoms with Crippen molar-refractivity contribution in [2.45, 2.75) is 19.4 Å². The zero-order valence-corrected chi connectivity index (χ0v) is 10.2. The largest absolute Gasteiger partial charge is 0.493 e. The average molecular weight is 239 g/mol. The third kappa shape index (κ3) is 2.88. The van der Waals surface area contributed by atoms with Crippen LogP contribution >= 0.6 is 0 Å². The number of carbonyl (C=O) groups is 1. The molecular weight excluding hydrogens is 222 g/mol. The summed E-state index contributed by atoms with van der Waals surface area (Å²) in [5.74, 6) is 0.272. The van der Waals surface area contributed by atoms with Crippen LogP contribution in [-0.2, 0) is 4.79 Å². The number of carboxylic acid groups (broad SMARTS) is 1. The lowest BCUT2D eigenvalue weighted by molar-refractivity contribution is -0.137. The summed E-state index contributed by atoms with van der Waals surface area (Å²) in [6.45, 7) is 1.83. The summed E-state index contributed by atoms with van der Waals surface area (Å²) in [5.41, 5.74) is 7.40. The predicted octanol–water partition coefficient (Wildman–Crippen LogP) is 1.49. The van der Waals surface area contributed by atoms with Gasteiger partial charge in [0.15, 0.2) is 11.5 Å². The molecule has 0 aliphatic carbocycles. The molecule has 0 heterocycles. The van der Waals surface area contributed by atoms with E-state index in [2.05, 4.69) is 0 Å². The molecule has 0 amide bonds. The number of hydrogen-bond acceptors (Lipinski definition) is 4. The summed E-state index contributed by atoms with van der Waals surface area (Å²) in [4.78, 5) is 10.6. The Kier molecular flexibility index (Phi) is 4.34. The van der Waals surface area contributed by atoms with Gasteiger partial charge < -0.3 is 20.3 Å². The Morgan fingerprint density at radius 3 is 2.53 bits per heavy atom. The summed E-state index contributed by atoms with van der Waals surface area (Å²) in [7, 11) is 3.09. The van der Waals surface area contributed by atoms with Crippen molar-refractivity contribution in [2.24, 2.45) is 5.73 Å². The van der Waals surface area contributed by atoms with Gasteiger partial charge in [0.25, 0.3) is 0 Å². The first-order valence-corrected chi connectivity index (χ1v) is 5.20. The van der Waals surface area contributed by atoms with Crippen molar-refractivity contribution in [1.82, 2.24) is 0 Å². The molecule has 0 fully saturated rings. The Labute approximate surface area is 100 Å². The molecule has 0 spiro atoms. The van der Waals surface area contributed by atoms with Gasteiger partial charge in [-0.25, -0.2) is 0 Å². The van der Waals surface area contributed by atoms with Gasteiger partial charge in [-0.2, -0.15) is 0 Å². The van der Waals surface area contributed by atoms with Crippen molar-refractivity contribution in [3.05, 3.63) is 23.3 Å². The fourth-order valence-corrected chi connectivity index (χ4v) is 1.80. The second-order valence-electron chi connectivity index (χ2n) is 3.72. The molecule has 0 radical (unpaired) electrons. The lowest BCUT2D eigenvalue weighted by Crippen LogP contribution is -2.16. The molecule has 17 heavy (non-hydrogen) atoms. The van der Waals surface area contributed by atoms with Gasteiger partial charge in [-0.15, -0.1) is 0 Å². The van der Waals surface area contributed by atoms with Crippen LogP contribution in [0.25, 0.3) is 0 Å². The number of nitrogens with two attached hydrogens (primary N) is 1. The quantitative estimate of drug-likeness (QED) is 0.813. The Morgan fingerprint density at radius 2 is 2.06 bits per heavy atom. The number of aliphatic carboxylic acids is 1. The number of rotatable bonds is 5. The van der Waals surface area contributed by atoms with Gasteiger partial charge >= 0.3 is 5.97 Å². The first kappa shape index (κ1) is 13.3. The van der Waals surface area contributed by atoms with Gasteiger partial charge in [0.05, 0.1) is 20.6 Å². The monoisotopic (exact) mass is 239 g/mol. The fraction of sp³-hybridized carbons (Fsp3) is 0.417. The van der Waals surface area contributed by atoms with E-state index in [9.17, 15) is 4.79 Å². The highest BCUT2D eigenvalue weighted by atomic mass is 16.5. The van der Waals surface area contributed by atoms with E-state index in [4.69, 9.17) is 20.3 Å². The summed E-state index contributed by atoms with van der Waals surface area (Å²) in [6, 6.07) is 2.94. The zero-order valence-electron chi connectivity index (χ0n) is 10.2. The average Bonchev–Trinajstić information content (AvgIpc) is 2.27. The highest BCUT2D eigenvalue weighted by Gasteiger charge is 2.17. The van der Waals surface area contributed by atoms with Gasteiger partial charge in [0.2, 0.25) is 0 Å². The topological polar surface area (TPSA) is 81.8 Å². The molecule has 0 aliphatic rings. The molecule has 0 aromatic heterocycles. The maximum Gasteiger partial charge on any atom is 0.305 e. The second kappa shape index (κ2) is 5.54. The molecule has 5 heteroatoms. The lowest BCUT2D eigenvalue weighted by Gasteiger charge is -2.17. The van der Waals surface area contributed by atoms with Crippen LogP contribution in [0.2, 0.25) is 0 Å². The maximum absolute atomic E-state index is 10.6. The Morgan fingerprint density at radius 1 is 1.41 bits per heavy atom. The van der Waals surface area contributed by atoms with Gasteiger partial charge in [0.1, 0.15) is 0 Å². The van der Waals surface area contributed by atoms with Gasteiger partial charge in [-0.05, 0) is 24.1 Å². The molecule has 94 valence electrons. The van der Waals surface area contributed by atoms with Crippen LogP contribution in [0.3, 0.4) is 0 Å². The van der Waals surface area contributed by atoms with Crippen molar-refractivity contribution in [2.75, 3.05) is 14.2 Å². The van der Waals surface area contributed by atoms with Crippen molar-refractivity contribution in [3.63, 3.8) is 0 Å². The molecule has 3 N–H and O–H groups in total. The summed E-state index contributed by atoms with van der Waals surface area (Å²) in [5, 5.41) is 8.73. The van der Waals surface area contributed by atoms with Gasteiger partial charge in [0, 0.05) is 6.04 Å². The van der Waals surface area contributed by atoms with E-state index in [1.165, 1.54) is 7.11 Å². The molecule has 0 aliphatic heterocycles. The standard InChI is InChI=1S/C12H17NO4/c1-7-8(9(13)6-11(14)15)4-5-10(16-2)12(7)17-3/h4-5,9H,6,13H2,1-3H3,(H,14,15). The Bertz CT molecular complexity index is 417. The zero-order chi connectivity index (χ0) is 13.0. The molecule has 0 saturated heterocycles. The lowest BCUT2D eigenvalue weighted by atomic mass is 9.98. The maximum atomic E-state index is 10.6. The van der Waals surface area contributed by atoms with Crippen LogP contribution in [-0.4, -0.2) is 25.3 Å². The highest BCUT2D eigenvalue weighted by molar-refractivity contribution is 5.68. The van der Waals surface area contributed by atoms with Crippen molar-refractivity contribution >= 4 is 5.97 Å². The van der Waals surface area contributed by atoms with Crippen LogP contribution < -0.4 is 15.2 Å². The fourth-order valence-electron chi connectivity index (χ4n) is 1.80. The summed E-state index contributed by atoms with van der Waals surface area (Å²) < 4.78 is 10.4. The molecule has 0 saturated carbocycles. The van der Waals surface area contributed by atoms with Crippen molar-refractivity contribution < 1.29 is 19.4 Å². The Balaban J connectivity index is 3.14. The van der Waals surface area contributed by atoms with Gasteiger partial charge in [-0.3, -0.25) is 4.79 Å². The molecule has 1 aromatic carbocycles. The normalized spacial score (nSPS) is 12.0. The van der Waals surface area contributed by atoms with E-state index in [0.29, 0.717) is 11.5 Å². The molecule has 1 aromatic rings. The molecule has 1 rings (SSSR count).